The Morgan fingerprint density at radius 3 is 2.73 bits per heavy atom. The van der Waals surface area contributed by atoms with Gasteiger partial charge < -0.3 is 5.73 Å². The lowest BCUT2D eigenvalue weighted by Crippen LogP contribution is -2.09. The van der Waals surface area contributed by atoms with Gasteiger partial charge in [0.1, 0.15) is 0 Å². The van der Waals surface area contributed by atoms with Crippen LogP contribution in [0.4, 0.5) is 8.78 Å². The summed E-state index contributed by atoms with van der Waals surface area (Å²) in [5, 5.41) is 8.54. The van der Waals surface area contributed by atoms with E-state index in [-0.39, 0.29) is 24.1 Å². The molecule has 1 rings (SSSR count). The molecule has 0 aliphatic heterocycles. The van der Waals surface area contributed by atoms with Gasteiger partial charge in [-0.05, 0) is 18.6 Å². The zero-order chi connectivity index (χ0) is 11.4. The van der Waals surface area contributed by atoms with Crippen molar-refractivity contribution in [1.29, 1.82) is 5.26 Å². The molecule has 1 aromatic rings. The monoisotopic (exact) mass is 211 g/mol. The van der Waals surface area contributed by atoms with E-state index >= 15 is 0 Å². The van der Waals surface area contributed by atoms with E-state index in [4.69, 9.17) is 11.0 Å². The van der Waals surface area contributed by atoms with Crippen LogP contribution >= 0.6 is 0 Å². The standard InChI is InChI=1S/C10H11F2N3/c1-6-4-7(10(11)12)8(5-14)9(15-6)2-3-13/h4,10H,2,5,14H2,1H3. The van der Waals surface area contributed by atoms with Gasteiger partial charge in [-0.15, -0.1) is 0 Å². The predicted molar refractivity (Wildman–Crippen MR) is 51.1 cm³/mol. The summed E-state index contributed by atoms with van der Waals surface area (Å²) in [6, 6.07) is 3.20. The van der Waals surface area contributed by atoms with Crippen molar-refractivity contribution >= 4 is 0 Å². The van der Waals surface area contributed by atoms with Gasteiger partial charge in [0.05, 0.1) is 18.2 Å². The number of alkyl halides is 2. The van der Waals surface area contributed by atoms with Crippen molar-refractivity contribution in [2.45, 2.75) is 26.3 Å². The van der Waals surface area contributed by atoms with Gasteiger partial charge >= 0.3 is 0 Å². The van der Waals surface area contributed by atoms with Gasteiger partial charge in [0.25, 0.3) is 6.43 Å². The van der Waals surface area contributed by atoms with Crippen LogP contribution < -0.4 is 5.73 Å². The first-order chi connectivity index (χ1) is 7.10. The van der Waals surface area contributed by atoms with Crippen LogP contribution in [-0.4, -0.2) is 4.98 Å². The van der Waals surface area contributed by atoms with Crippen molar-refractivity contribution < 1.29 is 8.78 Å². The Kier molecular flexibility index (Phi) is 3.69. The summed E-state index contributed by atoms with van der Waals surface area (Å²) in [6.07, 6.45) is -2.57. The van der Waals surface area contributed by atoms with Crippen LogP contribution in [-0.2, 0) is 13.0 Å². The first-order valence-corrected chi connectivity index (χ1v) is 4.44. The minimum absolute atomic E-state index is 0.00787. The van der Waals surface area contributed by atoms with E-state index in [2.05, 4.69) is 4.98 Å². The fraction of sp³-hybridized carbons (Fsp3) is 0.400. The van der Waals surface area contributed by atoms with E-state index in [1.54, 1.807) is 6.92 Å². The molecule has 0 atom stereocenters. The Bertz CT molecular complexity index is 396. The zero-order valence-corrected chi connectivity index (χ0v) is 8.30. The van der Waals surface area contributed by atoms with E-state index < -0.39 is 6.43 Å². The highest BCUT2D eigenvalue weighted by Gasteiger charge is 2.16. The van der Waals surface area contributed by atoms with Gasteiger partial charge in [-0.3, -0.25) is 4.98 Å². The van der Waals surface area contributed by atoms with E-state index in [9.17, 15) is 8.78 Å². The smallest absolute Gasteiger partial charge is 0.264 e. The van der Waals surface area contributed by atoms with Gasteiger partial charge in [0, 0.05) is 17.8 Å². The summed E-state index contributed by atoms with van der Waals surface area (Å²) in [4.78, 5) is 4.04. The maximum atomic E-state index is 12.6. The van der Waals surface area contributed by atoms with E-state index in [1.165, 1.54) is 6.07 Å². The van der Waals surface area contributed by atoms with Crippen LogP contribution in [0.3, 0.4) is 0 Å². The SMILES string of the molecule is Cc1cc(C(F)F)c(CN)c(CC#N)n1. The van der Waals surface area contributed by atoms with Crippen molar-refractivity contribution in [3.63, 3.8) is 0 Å². The van der Waals surface area contributed by atoms with Gasteiger partial charge in [0.2, 0.25) is 0 Å². The lowest BCUT2D eigenvalue weighted by atomic mass is 10.0. The van der Waals surface area contributed by atoms with Crippen LogP contribution in [0.15, 0.2) is 6.07 Å². The molecule has 0 saturated heterocycles. The lowest BCUT2D eigenvalue weighted by molar-refractivity contribution is 0.150. The number of nitrogens with zero attached hydrogens (tertiary/aromatic N) is 2. The van der Waals surface area contributed by atoms with E-state index in [1.807, 2.05) is 6.07 Å². The summed E-state index contributed by atoms with van der Waals surface area (Å²) < 4.78 is 25.3. The van der Waals surface area contributed by atoms with Crippen LogP contribution in [0.2, 0.25) is 0 Å². The summed E-state index contributed by atoms with van der Waals surface area (Å²) in [5.74, 6) is 0. The quantitative estimate of drug-likeness (QED) is 0.829. The normalized spacial score (nSPS) is 10.4. The molecule has 0 amide bonds. The van der Waals surface area contributed by atoms with Crippen molar-refractivity contribution in [2.75, 3.05) is 0 Å². The van der Waals surface area contributed by atoms with Crippen LogP contribution in [0.5, 0.6) is 0 Å². The summed E-state index contributed by atoms with van der Waals surface area (Å²) in [6.45, 7) is 1.59. The molecular weight excluding hydrogens is 200 g/mol. The van der Waals surface area contributed by atoms with Crippen LogP contribution in [0.25, 0.3) is 0 Å². The third-order valence-corrected chi connectivity index (χ3v) is 2.06. The van der Waals surface area contributed by atoms with Crippen LogP contribution in [0.1, 0.15) is 28.9 Å². The Hall–Kier alpha value is -1.54. The fourth-order valence-corrected chi connectivity index (χ4v) is 1.44. The molecule has 0 aliphatic rings. The summed E-state index contributed by atoms with van der Waals surface area (Å²) >= 11 is 0. The molecule has 2 N–H and O–H groups in total. The van der Waals surface area contributed by atoms with Crippen molar-refractivity contribution in [3.8, 4) is 6.07 Å². The molecule has 0 aromatic carbocycles. The molecule has 1 heterocycles. The average molecular weight is 211 g/mol. The zero-order valence-electron chi connectivity index (χ0n) is 8.30. The molecule has 1 aromatic heterocycles. The minimum atomic E-state index is -2.58. The number of rotatable bonds is 3. The second kappa shape index (κ2) is 4.80. The van der Waals surface area contributed by atoms with Gasteiger partial charge in [0.15, 0.2) is 0 Å². The molecule has 80 valence electrons. The average Bonchev–Trinajstić information content (AvgIpc) is 2.17. The number of aryl methyl sites for hydroxylation is 1. The number of halogens is 2. The highest BCUT2D eigenvalue weighted by Crippen LogP contribution is 2.25. The summed E-state index contributed by atoms with van der Waals surface area (Å²) in [7, 11) is 0. The molecular formula is C10H11F2N3. The van der Waals surface area contributed by atoms with Gasteiger partial charge in [-0.25, -0.2) is 8.78 Å². The fourth-order valence-electron chi connectivity index (χ4n) is 1.44. The topological polar surface area (TPSA) is 62.7 Å². The van der Waals surface area contributed by atoms with E-state index in [0.717, 1.165) is 0 Å². The summed E-state index contributed by atoms with van der Waals surface area (Å²) in [5.41, 5.74) is 6.40. The van der Waals surface area contributed by atoms with Crippen molar-refractivity contribution in [1.82, 2.24) is 4.98 Å². The molecule has 0 spiro atoms. The number of nitriles is 1. The molecule has 0 unspecified atom stereocenters. The lowest BCUT2D eigenvalue weighted by Gasteiger charge is -2.11. The van der Waals surface area contributed by atoms with Crippen molar-refractivity contribution in [3.05, 3.63) is 28.6 Å². The molecule has 0 radical (unpaired) electrons. The first-order valence-electron chi connectivity index (χ1n) is 4.44. The molecule has 0 aliphatic carbocycles. The Labute approximate surface area is 86.5 Å². The molecule has 0 fully saturated rings. The maximum Gasteiger partial charge on any atom is 0.264 e. The molecule has 0 bridgehead atoms. The number of aromatic nitrogens is 1. The highest BCUT2D eigenvalue weighted by molar-refractivity contribution is 5.34. The van der Waals surface area contributed by atoms with Gasteiger partial charge in [-0.1, -0.05) is 0 Å². The Balaban J connectivity index is 3.33. The number of hydrogen-bond donors (Lipinski definition) is 1. The van der Waals surface area contributed by atoms with Gasteiger partial charge in [-0.2, -0.15) is 5.26 Å². The number of nitrogens with two attached hydrogens (primary N) is 1. The Morgan fingerprint density at radius 1 is 1.60 bits per heavy atom. The molecule has 5 heteroatoms. The predicted octanol–water partition coefficient (Wildman–Crippen LogP) is 1.85. The second-order valence-corrected chi connectivity index (χ2v) is 3.12. The van der Waals surface area contributed by atoms with Crippen LogP contribution in [0, 0.1) is 18.3 Å². The molecule has 0 saturated carbocycles. The second-order valence-electron chi connectivity index (χ2n) is 3.12. The Morgan fingerprint density at radius 2 is 2.27 bits per heavy atom. The third kappa shape index (κ3) is 2.48. The largest absolute Gasteiger partial charge is 0.326 e. The first kappa shape index (κ1) is 11.5. The highest BCUT2D eigenvalue weighted by atomic mass is 19.3. The number of pyridine rings is 1. The maximum absolute atomic E-state index is 12.6. The minimum Gasteiger partial charge on any atom is -0.326 e. The third-order valence-electron chi connectivity index (χ3n) is 2.06. The number of hydrogen-bond acceptors (Lipinski definition) is 3. The van der Waals surface area contributed by atoms with E-state index in [0.29, 0.717) is 11.4 Å². The molecule has 15 heavy (non-hydrogen) atoms. The van der Waals surface area contributed by atoms with Crippen molar-refractivity contribution in [2.24, 2.45) is 5.73 Å². The molecule has 3 nitrogen and oxygen atoms in total.